The summed E-state index contributed by atoms with van der Waals surface area (Å²) in [4.78, 5) is 16.4. The van der Waals surface area contributed by atoms with Crippen LogP contribution in [-0.4, -0.2) is 36.6 Å². The van der Waals surface area contributed by atoms with Crippen LogP contribution in [0.1, 0.15) is 24.1 Å². The van der Waals surface area contributed by atoms with Gasteiger partial charge in [0.25, 0.3) is 5.91 Å². The third kappa shape index (κ3) is 4.28. The third-order valence-electron chi connectivity index (χ3n) is 4.83. The normalized spacial score (nSPS) is 16.6. The number of benzene rings is 2. The number of halogens is 2. The van der Waals surface area contributed by atoms with E-state index in [4.69, 9.17) is 17.0 Å². The highest BCUT2D eigenvalue weighted by Gasteiger charge is 2.36. The molecule has 158 valence electrons. The van der Waals surface area contributed by atoms with E-state index >= 15 is 0 Å². The highest BCUT2D eigenvalue weighted by molar-refractivity contribution is 7.80. The predicted molar refractivity (Wildman–Crippen MR) is 117 cm³/mol. The molecular formula is C22H23F2N3O2S. The fourth-order valence-electron chi connectivity index (χ4n) is 3.49. The molecule has 5 nitrogen and oxygen atoms in total. The van der Waals surface area contributed by atoms with Crippen LogP contribution in [0.5, 0.6) is 5.75 Å². The van der Waals surface area contributed by atoms with Gasteiger partial charge in [-0.3, -0.25) is 9.69 Å². The minimum absolute atomic E-state index is 0.00587. The molecule has 1 atom stereocenters. The van der Waals surface area contributed by atoms with Gasteiger partial charge in [-0.2, -0.15) is 8.78 Å². The lowest BCUT2D eigenvalue weighted by atomic mass is 9.93. The van der Waals surface area contributed by atoms with Crippen molar-refractivity contribution in [1.29, 1.82) is 0 Å². The van der Waals surface area contributed by atoms with Gasteiger partial charge in [0.1, 0.15) is 5.75 Å². The minimum atomic E-state index is -2.98. The van der Waals surface area contributed by atoms with Crippen LogP contribution in [0.3, 0.4) is 0 Å². The fourth-order valence-corrected chi connectivity index (χ4v) is 3.85. The molecule has 1 unspecified atom stereocenters. The molecule has 1 aliphatic rings. The van der Waals surface area contributed by atoms with Gasteiger partial charge in [0, 0.05) is 31.0 Å². The van der Waals surface area contributed by atoms with Crippen molar-refractivity contribution in [3.05, 3.63) is 70.9 Å². The van der Waals surface area contributed by atoms with Crippen LogP contribution < -0.4 is 15.0 Å². The van der Waals surface area contributed by atoms with E-state index < -0.39 is 12.7 Å². The molecule has 0 saturated heterocycles. The lowest BCUT2D eigenvalue weighted by Crippen LogP contribution is -2.49. The number of nitrogens with one attached hydrogen (secondary N) is 1. The number of carbonyl (C=O) groups is 1. The van der Waals surface area contributed by atoms with Crippen molar-refractivity contribution in [2.75, 3.05) is 19.0 Å². The number of alkyl halides is 2. The summed E-state index contributed by atoms with van der Waals surface area (Å²) in [6.07, 6.45) is 0. The molecule has 0 saturated carbocycles. The SMILES string of the molecule is CC1=C(C(=O)N(C)C)C(c2ccccc2OC(F)F)NC(=S)N1c1cccc(C)c1. The van der Waals surface area contributed by atoms with Crippen LogP contribution in [0, 0.1) is 6.92 Å². The van der Waals surface area contributed by atoms with Gasteiger partial charge in [-0.05, 0) is 49.8 Å². The highest BCUT2D eigenvalue weighted by Crippen LogP contribution is 2.38. The van der Waals surface area contributed by atoms with E-state index in [-0.39, 0.29) is 11.7 Å². The molecule has 0 spiro atoms. The molecule has 1 amide bonds. The number of carbonyl (C=O) groups excluding carboxylic acids is 1. The van der Waals surface area contributed by atoms with Gasteiger partial charge in [0.05, 0.1) is 11.6 Å². The Bertz CT molecular complexity index is 1010. The molecule has 30 heavy (non-hydrogen) atoms. The molecule has 2 aromatic rings. The van der Waals surface area contributed by atoms with Gasteiger partial charge in [0.2, 0.25) is 0 Å². The molecule has 0 radical (unpaired) electrons. The number of likely N-dealkylation sites (N-methyl/N-ethyl adjacent to an activating group) is 1. The lowest BCUT2D eigenvalue weighted by Gasteiger charge is -2.39. The first-order valence-electron chi connectivity index (χ1n) is 9.34. The van der Waals surface area contributed by atoms with E-state index in [1.807, 2.05) is 31.2 Å². The summed E-state index contributed by atoms with van der Waals surface area (Å²) in [7, 11) is 3.29. The minimum Gasteiger partial charge on any atom is -0.434 e. The quantitative estimate of drug-likeness (QED) is 0.712. The standard InChI is InChI=1S/C22H23F2N3O2S/c1-13-8-7-9-15(12-13)27-14(2)18(20(28)26(3)4)19(25-22(27)30)16-10-5-6-11-17(16)29-21(23)24/h5-12,19,21H,1-4H3,(H,25,30). The Labute approximate surface area is 179 Å². The molecule has 2 aromatic carbocycles. The van der Waals surface area contributed by atoms with Crippen molar-refractivity contribution in [3.63, 3.8) is 0 Å². The number of hydrogen-bond acceptors (Lipinski definition) is 3. The molecule has 0 aliphatic carbocycles. The van der Waals surface area contributed by atoms with E-state index in [2.05, 4.69) is 5.32 Å². The van der Waals surface area contributed by atoms with Crippen molar-refractivity contribution >= 4 is 28.9 Å². The number of hydrogen-bond donors (Lipinski definition) is 1. The van der Waals surface area contributed by atoms with Crippen LogP contribution in [0.25, 0.3) is 0 Å². The molecular weight excluding hydrogens is 408 g/mol. The number of amides is 1. The molecule has 1 N–H and O–H groups in total. The second kappa shape index (κ2) is 8.79. The van der Waals surface area contributed by atoms with Gasteiger partial charge in [0.15, 0.2) is 5.11 Å². The Kier molecular flexibility index (Phi) is 6.36. The second-order valence-corrected chi connectivity index (χ2v) is 7.56. The van der Waals surface area contributed by atoms with E-state index in [0.717, 1.165) is 11.3 Å². The van der Waals surface area contributed by atoms with Crippen LogP contribution in [-0.2, 0) is 4.79 Å². The van der Waals surface area contributed by atoms with Gasteiger partial charge >= 0.3 is 6.61 Å². The molecule has 0 fully saturated rings. The number of para-hydroxylation sites is 1. The Morgan fingerprint density at radius 3 is 2.50 bits per heavy atom. The number of aryl methyl sites for hydroxylation is 1. The Morgan fingerprint density at radius 1 is 1.17 bits per heavy atom. The average Bonchev–Trinajstić information content (AvgIpc) is 2.67. The van der Waals surface area contributed by atoms with Crippen molar-refractivity contribution < 1.29 is 18.3 Å². The predicted octanol–water partition coefficient (Wildman–Crippen LogP) is 4.39. The summed E-state index contributed by atoms with van der Waals surface area (Å²) in [6.45, 7) is 0.786. The molecule has 0 bridgehead atoms. The maximum Gasteiger partial charge on any atom is 0.387 e. The Morgan fingerprint density at radius 2 is 1.87 bits per heavy atom. The largest absolute Gasteiger partial charge is 0.434 e. The number of allylic oxidation sites excluding steroid dienone is 1. The van der Waals surface area contributed by atoms with E-state index in [1.54, 1.807) is 44.1 Å². The lowest BCUT2D eigenvalue weighted by molar-refractivity contribution is -0.125. The summed E-state index contributed by atoms with van der Waals surface area (Å²) in [5.41, 5.74) is 3.29. The number of anilines is 1. The Balaban J connectivity index is 2.18. The number of rotatable bonds is 5. The van der Waals surface area contributed by atoms with Gasteiger partial charge in [-0.15, -0.1) is 0 Å². The average molecular weight is 432 g/mol. The summed E-state index contributed by atoms with van der Waals surface area (Å²) in [5, 5.41) is 3.52. The van der Waals surface area contributed by atoms with Gasteiger partial charge in [-0.1, -0.05) is 30.3 Å². The maximum absolute atomic E-state index is 13.1. The highest BCUT2D eigenvalue weighted by atomic mass is 32.1. The Hall–Kier alpha value is -3.00. The monoisotopic (exact) mass is 431 g/mol. The molecule has 1 aliphatic heterocycles. The molecule has 0 aromatic heterocycles. The number of thiocarbonyl (C=S) groups is 1. The number of ether oxygens (including phenoxy) is 1. The van der Waals surface area contributed by atoms with E-state index in [1.165, 1.54) is 11.0 Å². The summed E-state index contributed by atoms with van der Waals surface area (Å²) in [5.74, 6) is -0.259. The number of nitrogens with zero attached hydrogens (tertiary/aromatic N) is 2. The smallest absolute Gasteiger partial charge is 0.387 e. The molecule has 8 heteroatoms. The van der Waals surface area contributed by atoms with Crippen molar-refractivity contribution in [3.8, 4) is 5.75 Å². The van der Waals surface area contributed by atoms with Crippen LogP contribution >= 0.6 is 12.2 Å². The fraction of sp³-hybridized carbons (Fsp3) is 0.273. The summed E-state index contributed by atoms with van der Waals surface area (Å²) < 4.78 is 30.6. The van der Waals surface area contributed by atoms with E-state index in [0.29, 0.717) is 21.9 Å². The zero-order valence-corrected chi connectivity index (χ0v) is 18.0. The molecule has 1 heterocycles. The summed E-state index contributed by atoms with van der Waals surface area (Å²) in [6, 6.07) is 13.4. The topological polar surface area (TPSA) is 44.8 Å². The van der Waals surface area contributed by atoms with Crippen LogP contribution in [0.2, 0.25) is 0 Å². The van der Waals surface area contributed by atoms with E-state index in [9.17, 15) is 13.6 Å². The van der Waals surface area contributed by atoms with Crippen LogP contribution in [0.4, 0.5) is 14.5 Å². The molecule has 3 rings (SSSR count). The first-order valence-corrected chi connectivity index (χ1v) is 9.75. The third-order valence-corrected chi connectivity index (χ3v) is 5.13. The second-order valence-electron chi connectivity index (χ2n) is 7.17. The van der Waals surface area contributed by atoms with Crippen molar-refractivity contribution in [1.82, 2.24) is 10.2 Å². The maximum atomic E-state index is 13.1. The van der Waals surface area contributed by atoms with Crippen molar-refractivity contribution in [2.45, 2.75) is 26.5 Å². The van der Waals surface area contributed by atoms with Gasteiger partial charge < -0.3 is 15.0 Å². The zero-order valence-electron chi connectivity index (χ0n) is 17.1. The first kappa shape index (κ1) is 21.7. The zero-order chi connectivity index (χ0) is 22.0. The van der Waals surface area contributed by atoms with Gasteiger partial charge in [-0.25, -0.2) is 0 Å². The van der Waals surface area contributed by atoms with Crippen LogP contribution in [0.15, 0.2) is 59.8 Å². The first-order chi connectivity index (χ1) is 14.2. The summed E-state index contributed by atoms with van der Waals surface area (Å²) >= 11 is 5.61. The van der Waals surface area contributed by atoms with Crippen molar-refractivity contribution in [2.24, 2.45) is 0 Å².